The van der Waals surface area contributed by atoms with E-state index in [1.807, 2.05) is 0 Å². The maximum Gasteiger partial charge on any atom is 0.0344 e. The summed E-state index contributed by atoms with van der Waals surface area (Å²) < 4.78 is 0. The molecule has 0 aromatic heterocycles. The number of nitrogens with zero attached hydrogens (tertiary/aromatic N) is 1. The predicted molar refractivity (Wildman–Crippen MR) is 74.6 cm³/mol. The van der Waals surface area contributed by atoms with Gasteiger partial charge in [-0.1, -0.05) is 43.9 Å². The summed E-state index contributed by atoms with van der Waals surface area (Å²) in [6.07, 6.45) is 6.29. The fraction of sp³-hybridized carbons (Fsp3) is 0.538. The molecule has 1 aromatic rings. The van der Waals surface area contributed by atoms with Crippen LogP contribution in [0.3, 0.4) is 0 Å². The first-order chi connectivity index (χ1) is 7.77. The van der Waals surface area contributed by atoms with Crippen molar-refractivity contribution >= 4 is 21.8 Å². The Kier molecular flexibility index (Phi) is 7.01. The van der Waals surface area contributed by atoms with Gasteiger partial charge < -0.3 is 0 Å². The SMILES string of the molecule is CCCCCCc1cc(C)ccc1SS[N]. The van der Waals surface area contributed by atoms with Crippen LogP contribution in [-0.4, -0.2) is 0 Å². The molecule has 0 aliphatic rings. The van der Waals surface area contributed by atoms with Crippen LogP contribution in [0.2, 0.25) is 0 Å². The molecule has 0 fully saturated rings. The van der Waals surface area contributed by atoms with Crippen molar-refractivity contribution < 1.29 is 0 Å². The van der Waals surface area contributed by atoms with Gasteiger partial charge in [-0.05, 0) is 47.3 Å². The monoisotopic (exact) mass is 253 g/mol. The number of hydrogen-bond donors (Lipinski definition) is 0. The number of unbranched alkanes of at least 4 members (excludes halogenated alkanes) is 3. The molecule has 1 aromatic carbocycles. The van der Waals surface area contributed by atoms with E-state index in [0.29, 0.717) is 0 Å². The minimum atomic E-state index is 0.835. The fourth-order valence-electron chi connectivity index (χ4n) is 1.77. The second-order valence-electron chi connectivity index (χ2n) is 4.08. The van der Waals surface area contributed by atoms with Gasteiger partial charge in [0.1, 0.15) is 0 Å². The molecule has 0 bridgehead atoms. The van der Waals surface area contributed by atoms with Crippen molar-refractivity contribution in [3.63, 3.8) is 0 Å². The lowest BCUT2D eigenvalue weighted by atomic mass is 10.0. The van der Waals surface area contributed by atoms with Gasteiger partial charge in [-0.15, -0.1) is 0 Å². The van der Waals surface area contributed by atoms with E-state index in [0.717, 1.165) is 17.4 Å². The van der Waals surface area contributed by atoms with Gasteiger partial charge in [0.25, 0.3) is 0 Å². The Bertz CT molecular complexity index is 313. The number of rotatable bonds is 7. The smallest absolute Gasteiger partial charge is 0.0344 e. The van der Waals surface area contributed by atoms with Crippen LogP contribution in [0, 0.1) is 6.92 Å². The van der Waals surface area contributed by atoms with E-state index in [-0.39, 0.29) is 0 Å². The molecular weight excluding hydrogens is 234 g/mol. The molecule has 0 saturated carbocycles. The van der Waals surface area contributed by atoms with E-state index < -0.39 is 0 Å². The van der Waals surface area contributed by atoms with Crippen molar-refractivity contribution in [1.29, 1.82) is 0 Å². The van der Waals surface area contributed by atoms with Crippen molar-refractivity contribution in [2.45, 2.75) is 50.8 Å². The van der Waals surface area contributed by atoms with E-state index in [1.54, 1.807) is 0 Å². The van der Waals surface area contributed by atoms with E-state index in [4.69, 9.17) is 5.14 Å². The lowest BCUT2D eigenvalue weighted by molar-refractivity contribution is 0.663. The maximum absolute atomic E-state index is 8.90. The molecule has 0 aliphatic heterocycles. The third-order valence-electron chi connectivity index (χ3n) is 2.64. The Morgan fingerprint density at radius 1 is 1.19 bits per heavy atom. The van der Waals surface area contributed by atoms with Crippen LogP contribution < -0.4 is 5.14 Å². The zero-order valence-corrected chi connectivity index (χ0v) is 11.7. The minimum Gasteiger partial charge on any atom is -0.0654 e. The molecule has 3 heteroatoms. The Morgan fingerprint density at radius 2 is 2.00 bits per heavy atom. The average molecular weight is 253 g/mol. The first kappa shape index (κ1) is 13.9. The zero-order chi connectivity index (χ0) is 11.8. The third kappa shape index (κ3) is 4.81. The lowest BCUT2D eigenvalue weighted by Crippen LogP contribution is -1.90. The van der Waals surface area contributed by atoms with Crippen molar-refractivity contribution in [2.75, 3.05) is 0 Å². The van der Waals surface area contributed by atoms with E-state index >= 15 is 0 Å². The van der Waals surface area contributed by atoms with Crippen molar-refractivity contribution in [1.82, 2.24) is 5.14 Å². The van der Waals surface area contributed by atoms with Gasteiger partial charge in [0, 0.05) is 15.9 Å². The Hall–Kier alpha value is -0.120. The van der Waals surface area contributed by atoms with Gasteiger partial charge in [0.15, 0.2) is 0 Å². The first-order valence-corrected chi connectivity index (χ1v) is 7.96. The normalized spacial score (nSPS) is 10.7. The van der Waals surface area contributed by atoms with Crippen LogP contribution in [-0.2, 0) is 6.42 Å². The van der Waals surface area contributed by atoms with Crippen LogP contribution in [0.15, 0.2) is 23.1 Å². The van der Waals surface area contributed by atoms with Crippen LogP contribution in [0.1, 0.15) is 43.7 Å². The summed E-state index contributed by atoms with van der Waals surface area (Å²) in [5, 5.41) is 8.90. The van der Waals surface area contributed by atoms with Crippen molar-refractivity contribution in [3.8, 4) is 0 Å². The summed E-state index contributed by atoms with van der Waals surface area (Å²) in [6.45, 7) is 4.35. The van der Waals surface area contributed by atoms with Gasteiger partial charge in [0.05, 0.1) is 0 Å². The molecule has 2 radical (unpaired) electrons. The van der Waals surface area contributed by atoms with Crippen LogP contribution in [0.5, 0.6) is 0 Å². The lowest BCUT2D eigenvalue weighted by Gasteiger charge is -2.08. The Labute approximate surface area is 107 Å². The minimum absolute atomic E-state index is 0.835. The molecule has 0 atom stereocenters. The molecular formula is C13H19NS2. The molecule has 16 heavy (non-hydrogen) atoms. The molecule has 1 nitrogen and oxygen atoms in total. The predicted octanol–water partition coefficient (Wildman–Crippen LogP) is 4.84. The summed E-state index contributed by atoms with van der Waals surface area (Å²) in [6, 6.07) is 6.46. The van der Waals surface area contributed by atoms with Gasteiger partial charge in [0.2, 0.25) is 0 Å². The summed E-state index contributed by atoms with van der Waals surface area (Å²) in [4.78, 5) is 1.20. The number of benzene rings is 1. The van der Waals surface area contributed by atoms with Crippen LogP contribution in [0.25, 0.3) is 0 Å². The summed E-state index contributed by atoms with van der Waals surface area (Å²) in [5.41, 5.74) is 2.68. The fourth-order valence-corrected chi connectivity index (χ4v) is 2.97. The molecule has 0 saturated heterocycles. The molecule has 0 spiro atoms. The van der Waals surface area contributed by atoms with Gasteiger partial charge in [-0.25, -0.2) is 0 Å². The molecule has 0 heterocycles. The second kappa shape index (κ2) is 8.04. The Morgan fingerprint density at radius 3 is 2.69 bits per heavy atom. The third-order valence-corrected chi connectivity index (χ3v) is 4.06. The second-order valence-corrected chi connectivity index (χ2v) is 5.78. The highest BCUT2D eigenvalue weighted by Gasteiger charge is 2.03. The summed E-state index contributed by atoms with van der Waals surface area (Å²) >= 11 is 0. The zero-order valence-electron chi connectivity index (χ0n) is 10.0. The van der Waals surface area contributed by atoms with Crippen LogP contribution >= 0.6 is 21.8 Å². The van der Waals surface area contributed by atoms with Gasteiger partial charge >= 0.3 is 0 Å². The van der Waals surface area contributed by atoms with E-state index in [9.17, 15) is 0 Å². The van der Waals surface area contributed by atoms with E-state index in [1.165, 1.54) is 52.5 Å². The molecule has 0 unspecified atom stereocenters. The van der Waals surface area contributed by atoms with Crippen molar-refractivity contribution in [3.05, 3.63) is 29.3 Å². The van der Waals surface area contributed by atoms with Gasteiger partial charge in [-0.2, -0.15) is 0 Å². The number of hydrogen-bond acceptors (Lipinski definition) is 2. The summed E-state index contributed by atoms with van der Waals surface area (Å²) in [5.74, 6) is 0. The van der Waals surface area contributed by atoms with Gasteiger partial charge in [-0.3, -0.25) is 0 Å². The average Bonchev–Trinajstić information content (AvgIpc) is 2.28. The standard InChI is InChI=1S/C13H19NS2/c1-3-4-5-6-7-12-10-11(2)8-9-13(12)15-16-14/h8-10H,3-7H2,1-2H3. The molecule has 88 valence electrons. The maximum atomic E-state index is 8.90. The Balaban J connectivity index is 2.57. The molecule has 0 N–H and O–H groups in total. The highest BCUT2D eigenvalue weighted by molar-refractivity contribution is 8.75. The van der Waals surface area contributed by atoms with Crippen molar-refractivity contribution in [2.24, 2.45) is 0 Å². The molecule has 1 rings (SSSR count). The molecule has 0 amide bonds. The first-order valence-electron chi connectivity index (χ1n) is 5.85. The highest BCUT2D eigenvalue weighted by Crippen LogP contribution is 2.32. The quantitative estimate of drug-likeness (QED) is 0.394. The molecule has 0 aliphatic carbocycles. The summed E-state index contributed by atoms with van der Waals surface area (Å²) in [7, 11) is 2.28. The highest BCUT2D eigenvalue weighted by atomic mass is 33.1. The van der Waals surface area contributed by atoms with E-state index in [2.05, 4.69) is 32.0 Å². The number of aryl methyl sites for hydroxylation is 2. The topological polar surface area (TPSA) is 22.3 Å². The largest absolute Gasteiger partial charge is 0.0654 e. The van der Waals surface area contributed by atoms with Crippen LogP contribution in [0.4, 0.5) is 0 Å².